The first-order chi connectivity index (χ1) is 12.4. The number of rotatable bonds is 6. The largest absolute Gasteiger partial charge is 0.351 e. The Morgan fingerprint density at radius 2 is 2.19 bits per heavy atom. The number of hydrogen-bond donors (Lipinski definition) is 2. The second kappa shape index (κ2) is 8.10. The van der Waals surface area contributed by atoms with Crippen LogP contribution in [0.25, 0.3) is 0 Å². The van der Waals surface area contributed by atoms with E-state index in [-0.39, 0.29) is 10.8 Å². The monoisotopic (exact) mass is 382 g/mol. The normalized spacial score (nSPS) is 24.7. The van der Waals surface area contributed by atoms with Crippen molar-refractivity contribution in [2.75, 3.05) is 32.7 Å². The van der Waals surface area contributed by atoms with Gasteiger partial charge in [-0.15, -0.1) is 0 Å². The van der Waals surface area contributed by atoms with Gasteiger partial charge in [0.25, 0.3) is 5.91 Å². The third kappa shape index (κ3) is 4.29. The second-order valence-corrected chi connectivity index (χ2v) is 9.62. The van der Waals surface area contributed by atoms with E-state index < -0.39 is 10.0 Å². The average Bonchev–Trinajstić information content (AvgIpc) is 3.24. The van der Waals surface area contributed by atoms with Crippen LogP contribution in [-0.4, -0.2) is 55.9 Å². The van der Waals surface area contributed by atoms with Crippen molar-refractivity contribution in [3.8, 4) is 0 Å². The van der Waals surface area contributed by atoms with E-state index in [0.717, 1.165) is 38.8 Å². The van der Waals surface area contributed by atoms with Gasteiger partial charge in [0.1, 0.15) is 10.6 Å². The predicted octanol–water partition coefficient (Wildman–Crippen LogP) is 1.18. The molecular weight excluding hydrogens is 352 g/mol. The first-order valence-corrected chi connectivity index (χ1v) is 11.0. The predicted molar refractivity (Wildman–Crippen MR) is 100 cm³/mol. The number of piperidine rings is 1. The van der Waals surface area contributed by atoms with Crippen LogP contribution in [0.1, 0.15) is 43.1 Å². The number of nitrogens with zero attached hydrogens (tertiary/aromatic N) is 2. The smallest absolute Gasteiger partial charge is 0.267 e. The van der Waals surface area contributed by atoms with Crippen molar-refractivity contribution in [2.24, 2.45) is 18.9 Å². The average molecular weight is 383 g/mol. The Bertz CT molecular complexity index is 738. The number of aromatic nitrogens is 1. The van der Waals surface area contributed by atoms with Crippen LogP contribution in [0.5, 0.6) is 0 Å². The molecule has 146 valence electrons. The summed E-state index contributed by atoms with van der Waals surface area (Å²) in [4.78, 5) is 12.7. The molecule has 0 radical (unpaired) electrons. The van der Waals surface area contributed by atoms with Gasteiger partial charge in [-0.2, -0.15) is 4.31 Å². The van der Waals surface area contributed by atoms with Gasteiger partial charge in [0, 0.05) is 32.9 Å². The van der Waals surface area contributed by atoms with Gasteiger partial charge in [0.2, 0.25) is 10.0 Å². The van der Waals surface area contributed by atoms with Crippen molar-refractivity contribution >= 4 is 15.9 Å². The van der Waals surface area contributed by atoms with Gasteiger partial charge < -0.3 is 15.2 Å². The molecule has 2 aliphatic rings. The molecule has 2 N–H and O–H groups in total. The van der Waals surface area contributed by atoms with Crippen molar-refractivity contribution < 1.29 is 13.2 Å². The van der Waals surface area contributed by atoms with Crippen LogP contribution < -0.4 is 10.6 Å². The lowest BCUT2D eigenvalue weighted by molar-refractivity contribution is 0.0943. The minimum atomic E-state index is -3.54. The van der Waals surface area contributed by atoms with Crippen molar-refractivity contribution in [2.45, 2.75) is 37.5 Å². The molecule has 8 heteroatoms. The van der Waals surface area contributed by atoms with E-state index in [0.29, 0.717) is 37.2 Å². The molecule has 0 spiro atoms. The zero-order valence-electron chi connectivity index (χ0n) is 15.7. The Labute approximate surface area is 156 Å². The Hall–Kier alpha value is -1.38. The first kappa shape index (κ1) is 19.4. The van der Waals surface area contributed by atoms with Gasteiger partial charge in [0.05, 0.1) is 0 Å². The van der Waals surface area contributed by atoms with Crippen LogP contribution >= 0.6 is 0 Å². The van der Waals surface area contributed by atoms with E-state index >= 15 is 0 Å². The van der Waals surface area contributed by atoms with E-state index in [1.165, 1.54) is 6.07 Å². The van der Waals surface area contributed by atoms with E-state index in [1.807, 2.05) is 0 Å². The molecule has 3 rings (SSSR count). The molecule has 0 aliphatic carbocycles. The summed E-state index contributed by atoms with van der Waals surface area (Å²) in [7, 11) is -1.82. The van der Waals surface area contributed by atoms with Crippen molar-refractivity contribution in [1.82, 2.24) is 19.5 Å². The summed E-state index contributed by atoms with van der Waals surface area (Å²) in [5.41, 5.74) is 0.387. The summed E-state index contributed by atoms with van der Waals surface area (Å²) in [5, 5.41) is 6.24. The minimum Gasteiger partial charge on any atom is -0.351 e. The highest BCUT2D eigenvalue weighted by molar-refractivity contribution is 7.89. The van der Waals surface area contributed by atoms with Crippen molar-refractivity contribution in [1.29, 1.82) is 0 Å². The summed E-state index contributed by atoms with van der Waals surface area (Å²) in [6.45, 7) is 5.85. The molecule has 0 saturated carbocycles. The Kier molecular flexibility index (Phi) is 6.04. The molecule has 3 heterocycles. The van der Waals surface area contributed by atoms with Crippen molar-refractivity contribution in [3.63, 3.8) is 0 Å². The van der Waals surface area contributed by atoms with E-state index in [9.17, 15) is 13.2 Å². The molecule has 1 amide bonds. The lowest BCUT2D eigenvalue weighted by Crippen LogP contribution is -2.38. The standard InChI is InChI=1S/C18H30N4O3S/c1-14-4-3-9-22(12-14)26(24,25)16-10-17(21(2)13-16)18(23)20-8-6-15-5-7-19-11-15/h10,13-15,19H,3-9,11-12H2,1-2H3,(H,20,23). The highest BCUT2D eigenvalue weighted by Gasteiger charge is 2.30. The zero-order valence-corrected chi connectivity index (χ0v) is 16.5. The number of carbonyl (C=O) groups excluding carboxylic acids is 1. The third-order valence-electron chi connectivity index (χ3n) is 5.47. The zero-order chi connectivity index (χ0) is 18.7. The molecule has 2 fully saturated rings. The van der Waals surface area contributed by atoms with E-state index in [4.69, 9.17) is 0 Å². The molecule has 2 aliphatic heterocycles. The number of sulfonamides is 1. The van der Waals surface area contributed by atoms with Gasteiger partial charge in [0.15, 0.2) is 0 Å². The molecule has 7 nitrogen and oxygen atoms in total. The lowest BCUT2D eigenvalue weighted by atomic mass is 10.0. The minimum absolute atomic E-state index is 0.208. The maximum atomic E-state index is 12.9. The number of nitrogens with one attached hydrogen (secondary N) is 2. The van der Waals surface area contributed by atoms with Gasteiger partial charge in [-0.25, -0.2) is 8.42 Å². The van der Waals surface area contributed by atoms with Crippen LogP contribution in [-0.2, 0) is 17.1 Å². The maximum absolute atomic E-state index is 12.9. The molecule has 1 aromatic rings. The summed E-state index contributed by atoms with van der Waals surface area (Å²) < 4.78 is 28.9. The molecule has 0 bridgehead atoms. The Morgan fingerprint density at radius 3 is 2.88 bits per heavy atom. The van der Waals surface area contributed by atoms with Crippen LogP contribution in [0.4, 0.5) is 0 Å². The molecule has 2 atom stereocenters. The molecule has 1 aromatic heterocycles. The number of amides is 1. The highest BCUT2D eigenvalue weighted by atomic mass is 32.2. The molecule has 2 saturated heterocycles. The number of carbonyl (C=O) groups is 1. The van der Waals surface area contributed by atoms with Gasteiger partial charge in [-0.1, -0.05) is 6.92 Å². The highest BCUT2D eigenvalue weighted by Crippen LogP contribution is 2.24. The maximum Gasteiger partial charge on any atom is 0.267 e. The van der Waals surface area contributed by atoms with Crippen LogP contribution in [0, 0.1) is 11.8 Å². The van der Waals surface area contributed by atoms with Crippen molar-refractivity contribution in [3.05, 3.63) is 18.0 Å². The molecular formula is C18H30N4O3S. The van der Waals surface area contributed by atoms with E-state index in [1.54, 1.807) is 22.1 Å². The van der Waals surface area contributed by atoms with Gasteiger partial charge in [-0.3, -0.25) is 4.79 Å². The SMILES string of the molecule is CC1CCCN(S(=O)(=O)c2cc(C(=O)NCCC3CCNC3)n(C)c2)C1. The Morgan fingerprint density at radius 1 is 1.38 bits per heavy atom. The van der Waals surface area contributed by atoms with Gasteiger partial charge >= 0.3 is 0 Å². The topological polar surface area (TPSA) is 83.4 Å². The Balaban J connectivity index is 1.64. The van der Waals surface area contributed by atoms with Crippen LogP contribution in [0.3, 0.4) is 0 Å². The summed E-state index contributed by atoms with van der Waals surface area (Å²) in [6.07, 6.45) is 5.59. The quantitative estimate of drug-likeness (QED) is 0.774. The van der Waals surface area contributed by atoms with E-state index in [2.05, 4.69) is 17.6 Å². The fraction of sp³-hybridized carbons (Fsp3) is 0.722. The number of aryl methyl sites for hydroxylation is 1. The molecule has 0 aromatic carbocycles. The fourth-order valence-corrected chi connectivity index (χ4v) is 5.53. The van der Waals surface area contributed by atoms with Gasteiger partial charge in [-0.05, 0) is 56.7 Å². The molecule has 2 unspecified atom stereocenters. The lowest BCUT2D eigenvalue weighted by Gasteiger charge is -2.29. The second-order valence-electron chi connectivity index (χ2n) is 7.69. The fourth-order valence-electron chi connectivity index (χ4n) is 3.86. The number of hydrogen-bond acceptors (Lipinski definition) is 4. The summed E-state index contributed by atoms with van der Waals surface area (Å²) >= 11 is 0. The summed E-state index contributed by atoms with van der Waals surface area (Å²) in [5.74, 6) is 0.766. The molecule has 26 heavy (non-hydrogen) atoms. The summed E-state index contributed by atoms with van der Waals surface area (Å²) in [6, 6.07) is 1.50. The van der Waals surface area contributed by atoms with Crippen LogP contribution in [0.15, 0.2) is 17.2 Å². The third-order valence-corrected chi connectivity index (χ3v) is 7.30. The first-order valence-electron chi connectivity index (χ1n) is 9.53. The van der Waals surface area contributed by atoms with Crippen LogP contribution in [0.2, 0.25) is 0 Å².